The molecule has 4 bridgehead atoms. The van der Waals surface area contributed by atoms with E-state index in [0.29, 0.717) is 25.5 Å². The summed E-state index contributed by atoms with van der Waals surface area (Å²) in [6.07, 6.45) is 6.54. The Hall–Kier alpha value is -1.24. The van der Waals surface area contributed by atoms with Gasteiger partial charge in [-0.25, -0.2) is 9.59 Å². The molecule has 4 aliphatic carbocycles. The third-order valence-electron chi connectivity index (χ3n) is 7.37. The van der Waals surface area contributed by atoms with Gasteiger partial charge in [0.05, 0.1) is 6.61 Å². The zero-order valence-electron chi connectivity index (χ0n) is 20.5. The lowest BCUT2D eigenvalue weighted by Gasteiger charge is -2.35. The first kappa shape index (κ1) is 24.4. The minimum absolute atomic E-state index is 0.0144. The molecule has 0 saturated heterocycles. The van der Waals surface area contributed by atoms with Crippen LogP contribution in [0.3, 0.4) is 0 Å². The lowest BCUT2D eigenvalue weighted by molar-refractivity contribution is 0.0483. The van der Waals surface area contributed by atoms with Crippen LogP contribution in [-0.2, 0) is 9.47 Å². The highest BCUT2D eigenvalue weighted by Crippen LogP contribution is 2.62. The summed E-state index contributed by atoms with van der Waals surface area (Å²) in [7, 11) is -1.21. The smallest absolute Gasteiger partial charge is 0.407 e. The fourth-order valence-electron chi connectivity index (χ4n) is 6.15. The van der Waals surface area contributed by atoms with E-state index in [2.05, 4.69) is 30.3 Å². The Bertz CT molecular complexity index is 638. The molecule has 4 saturated carbocycles. The van der Waals surface area contributed by atoms with E-state index in [9.17, 15) is 9.59 Å². The summed E-state index contributed by atoms with van der Waals surface area (Å²) in [5.74, 6) is 4.23. The van der Waals surface area contributed by atoms with Gasteiger partial charge in [-0.05, 0) is 94.9 Å². The molecule has 0 heterocycles. The van der Waals surface area contributed by atoms with Crippen LogP contribution in [-0.4, -0.2) is 45.1 Å². The van der Waals surface area contributed by atoms with E-state index in [1.807, 2.05) is 20.8 Å². The Labute approximate surface area is 189 Å². The van der Waals surface area contributed by atoms with Gasteiger partial charge in [0.25, 0.3) is 0 Å². The lowest BCUT2D eigenvalue weighted by Crippen LogP contribution is -2.43. The number of alkyl carbamates (subject to hydrolysis) is 2. The van der Waals surface area contributed by atoms with Crippen LogP contribution in [0, 0.1) is 29.6 Å². The molecule has 0 unspecified atom stereocenters. The van der Waals surface area contributed by atoms with Crippen molar-refractivity contribution in [1.82, 2.24) is 10.6 Å². The number of nitrogens with one attached hydrogen (secondary N) is 2. The molecule has 0 radical (unpaired) electrons. The standard InChI is InChI=1S/C24H44N2O4Si/c1-24(2,3)30-23(28)26-19(7-8-25-22(27)29-9-10-31(4,5)6)15-21-18-12-16-11-17(14-18)20(21)13-16/h16-21H,7-15H2,1-6H3,(H,25,27)(H,26,28)/t16-,17-,18-,19+,20-,21-/m0/s1. The van der Waals surface area contributed by atoms with Gasteiger partial charge in [-0.2, -0.15) is 0 Å². The zero-order chi connectivity index (χ0) is 22.8. The van der Waals surface area contributed by atoms with Gasteiger partial charge in [0.1, 0.15) is 5.60 Å². The monoisotopic (exact) mass is 452 g/mol. The number of ether oxygens (including phenoxy) is 2. The summed E-state index contributed by atoms with van der Waals surface area (Å²) in [4.78, 5) is 24.5. The van der Waals surface area contributed by atoms with Crippen molar-refractivity contribution in [2.75, 3.05) is 13.2 Å². The summed E-state index contributed by atoms with van der Waals surface area (Å²) in [5.41, 5.74) is -0.516. The topological polar surface area (TPSA) is 76.7 Å². The number of hydrogen-bond acceptors (Lipinski definition) is 4. The van der Waals surface area contributed by atoms with E-state index in [4.69, 9.17) is 9.47 Å². The van der Waals surface area contributed by atoms with Crippen molar-refractivity contribution in [3.63, 3.8) is 0 Å². The van der Waals surface area contributed by atoms with Gasteiger partial charge in [-0.3, -0.25) is 0 Å². The number of carbonyl (C=O) groups is 2. The maximum absolute atomic E-state index is 12.5. The van der Waals surface area contributed by atoms with Crippen molar-refractivity contribution < 1.29 is 19.1 Å². The fraction of sp³-hybridized carbons (Fsp3) is 0.917. The van der Waals surface area contributed by atoms with Crippen molar-refractivity contribution in [3.05, 3.63) is 0 Å². The first-order chi connectivity index (χ1) is 14.4. The molecule has 6 atom stereocenters. The molecular weight excluding hydrogens is 408 g/mol. The normalized spacial score (nSPS) is 30.2. The van der Waals surface area contributed by atoms with E-state index in [1.54, 1.807) is 0 Å². The fourth-order valence-corrected chi connectivity index (χ4v) is 6.86. The number of carbonyl (C=O) groups excluding carboxylic acids is 2. The summed E-state index contributed by atoms with van der Waals surface area (Å²) >= 11 is 0. The number of amides is 2. The Morgan fingerprint density at radius 2 is 1.74 bits per heavy atom. The van der Waals surface area contributed by atoms with Crippen LogP contribution >= 0.6 is 0 Å². The maximum Gasteiger partial charge on any atom is 0.407 e. The van der Waals surface area contributed by atoms with Crippen LogP contribution in [0.15, 0.2) is 0 Å². The summed E-state index contributed by atoms with van der Waals surface area (Å²) in [6, 6.07) is 0.982. The molecule has 7 heteroatoms. The van der Waals surface area contributed by atoms with Crippen LogP contribution in [0.2, 0.25) is 25.7 Å². The molecule has 178 valence electrons. The van der Waals surface area contributed by atoms with Crippen molar-refractivity contribution in [2.24, 2.45) is 29.6 Å². The summed E-state index contributed by atoms with van der Waals surface area (Å²) < 4.78 is 10.8. The molecule has 0 spiro atoms. The first-order valence-corrected chi connectivity index (χ1v) is 16.0. The second-order valence-electron chi connectivity index (χ2n) is 12.4. The van der Waals surface area contributed by atoms with Crippen molar-refractivity contribution in [1.29, 1.82) is 0 Å². The van der Waals surface area contributed by atoms with E-state index < -0.39 is 13.7 Å². The molecule has 0 aromatic rings. The van der Waals surface area contributed by atoms with Crippen LogP contribution in [0.1, 0.15) is 59.3 Å². The molecule has 0 aliphatic heterocycles. The molecule has 0 aromatic heterocycles. The molecule has 2 N–H and O–H groups in total. The van der Waals surface area contributed by atoms with Crippen molar-refractivity contribution in [3.8, 4) is 0 Å². The Balaban J connectivity index is 1.49. The van der Waals surface area contributed by atoms with Crippen LogP contribution in [0.25, 0.3) is 0 Å². The minimum Gasteiger partial charge on any atom is -0.450 e. The highest BCUT2D eigenvalue weighted by Gasteiger charge is 2.53. The summed E-state index contributed by atoms with van der Waals surface area (Å²) in [5, 5.41) is 5.98. The second kappa shape index (κ2) is 9.71. The largest absolute Gasteiger partial charge is 0.450 e. The SMILES string of the molecule is CC(C)(C)OC(=O)N[C@H](CCNC(=O)OCC[Si](C)(C)C)C[C@H]1[C@H]2C[C@@H]3C[C@@H](C2)[C@@H]1C3. The van der Waals surface area contributed by atoms with Gasteiger partial charge in [0, 0.05) is 20.7 Å². The first-order valence-electron chi connectivity index (χ1n) is 12.3. The zero-order valence-corrected chi connectivity index (χ0v) is 21.5. The van der Waals surface area contributed by atoms with E-state index in [-0.39, 0.29) is 18.2 Å². The Kier molecular flexibility index (Phi) is 7.65. The molecular formula is C24H44N2O4Si. The Morgan fingerprint density at radius 3 is 2.39 bits per heavy atom. The van der Waals surface area contributed by atoms with Crippen LogP contribution < -0.4 is 10.6 Å². The molecule has 31 heavy (non-hydrogen) atoms. The molecule has 2 amide bonds. The summed E-state index contributed by atoms with van der Waals surface area (Å²) in [6.45, 7) is 13.4. The molecule has 4 fully saturated rings. The average molecular weight is 453 g/mol. The third kappa shape index (κ3) is 7.40. The quantitative estimate of drug-likeness (QED) is 0.459. The van der Waals surface area contributed by atoms with E-state index in [0.717, 1.165) is 36.1 Å². The number of hydrogen-bond donors (Lipinski definition) is 2. The minimum atomic E-state index is -1.21. The number of rotatable bonds is 9. The highest BCUT2D eigenvalue weighted by molar-refractivity contribution is 6.76. The predicted octanol–water partition coefficient (Wildman–Crippen LogP) is 5.41. The van der Waals surface area contributed by atoms with Gasteiger partial charge < -0.3 is 20.1 Å². The van der Waals surface area contributed by atoms with Crippen molar-refractivity contribution in [2.45, 2.75) is 96.6 Å². The Morgan fingerprint density at radius 1 is 1.03 bits per heavy atom. The van der Waals surface area contributed by atoms with Gasteiger partial charge in [0.15, 0.2) is 0 Å². The van der Waals surface area contributed by atoms with Crippen LogP contribution in [0.4, 0.5) is 9.59 Å². The predicted molar refractivity (Wildman–Crippen MR) is 126 cm³/mol. The highest BCUT2D eigenvalue weighted by atomic mass is 28.3. The van der Waals surface area contributed by atoms with Gasteiger partial charge >= 0.3 is 12.2 Å². The maximum atomic E-state index is 12.5. The van der Waals surface area contributed by atoms with E-state index >= 15 is 0 Å². The third-order valence-corrected chi connectivity index (χ3v) is 9.07. The molecule has 4 rings (SSSR count). The average Bonchev–Trinajstić information content (AvgIpc) is 3.00. The lowest BCUT2D eigenvalue weighted by atomic mass is 9.73. The molecule has 6 nitrogen and oxygen atoms in total. The van der Waals surface area contributed by atoms with Gasteiger partial charge in [-0.1, -0.05) is 19.6 Å². The van der Waals surface area contributed by atoms with Crippen LogP contribution in [0.5, 0.6) is 0 Å². The van der Waals surface area contributed by atoms with Gasteiger partial charge in [0.2, 0.25) is 0 Å². The second-order valence-corrected chi connectivity index (χ2v) is 18.0. The van der Waals surface area contributed by atoms with E-state index in [1.165, 1.54) is 25.7 Å². The molecule has 4 aliphatic rings. The van der Waals surface area contributed by atoms with Crippen molar-refractivity contribution >= 4 is 20.3 Å². The van der Waals surface area contributed by atoms with Gasteiger partial charge in [-0.15, -0.1) is 0 Å². The molecule has 0 aromatic carbocycles.